The van der Waals surface area contributed by atoms with E-state index in [1.807, 2.05) is 6.92 Å². The SMILES string of the molecule is CCC=NCC(=N)N. The topological polar surface area (TPSA) is 62.2 Å². The van der Waals surface area contributed by atoms with Crippen molar-refractivity contribution in [2.75, 3.05) is 6.54 Å². The highest BCUT2D eigenvalue weighted by molar-refractivity contribution is 5.80. The Morgan fingerprint density at radius 2 is 2.50 bits per heavy atom. The second-order valence-corrected chi connectivity index (χ2v) is 1.46. The predicted octanol–water partition coefficient (Wildman–Crippen LogP) is 0.403. The summed E-state index contributed by atoms with van der Waals surface area (Å²) in [6, 6.07) is 0. The molecule has 0 aliphatic rings. The molecule has 0 fully saturated rings. The fourth-order valence-electron chi connectivity index (χ4n) is 0.292. The van der Waals surface area contributed by atoms with Crippen LogP contribution in [0.1, 0.15) is 13.3 Å². The molecule has 0 aromatic heterocycles. The van der Waals surface area contributed by atoms with E-state index in [-0.39, 0.29) is 5.84 Å². The molecule has 3 heteroatoms. The highest BCUT2D eigenvalue weighted by atomic mass is 14.8. The van der Waals surface area contributed by atoms with Crippen LogP contribution in [0.25, 0.3) is 0 Å². The minimum absolute atomic E-state index is 0.120. The Hall–Kier alpha value is -0.860. The quantitative estimate of drug-likeness (QED) is 0.404. The van der Waals surface area contributed by atoms with Gasteiger partial charge in [-0.3, -0.25) is 10.4 Å². The molecule has 0 radical (unpaired) electrons. The number of amidine groups is 1. The second kappa shape index (κ2) is 4.30. The van der Waals surface area contributed by atoms with Crippen LogP contribution in [0.3, 0.4) is 0 Å². The Labute approximate surface area is 49.1 Å². The molecule has 0 heterocycles. The maximum Gasteiger partial charge on any atom is 0.113 e. The van der Waals surface area contributed by atoms with E-state index in [0.717, 1.165) is 6.42 Å². The molecule has 0 saturated carbocycles. The zero-order valence-corrected chi connectivity index (χ0v) is 5.02. The van der Waals surface area contributed by atoms with Crippen molar-refractivity contribution in [2.24, 2.45) is 10.7 Å². The molecule has 46 valence electrons. The fourth-order valence-corrected chi connectivity index (χ4v) is 0.292. The lowest BCUT2D eigenvalue weighted by atomic mass is 10.5. The molecular formula is C5H11N3. The maximum absolute atomic E-state index is 6.74. The molecule has 0 saturated heterocycles. The van der Waals surface area contributed by atoms with E-state index in [1.54, 1.807) is 6.21 Å². The van der Waals surface area contributed by atoms with Crippen LogP contribution < -0.4 is 5.73 Å². The third-order valence-electron chi connectivity index (χ3n) is 0.573. The third kappa shape index (κ3) is 5.14. The van der Waals surface area contributed by atoms with E-state index >= 15 is 0 Å². The largest absolute Gasteiger partial charge is 0.386 e. The molecule has 8 heavy (non-hydrogen) atoms. The van der Waals surface area contributed by atoms with Gasteiger partial charge < -0.3 is 5.73 Å². The zero-order chi connectivity index (χ0) is 6.41. The van der Waals surface area contributed by atoms with Gasteiger partial charge in [-0.15, -0.1) is 0 Å². The Kier molecular flexibility index (Phi) is 3.84. The highest BCUT2D eigenvalue weighted by Crippen LogP contribution is 1.69. The lowest BCUT2D eigenvalue weighted by molar-refractivity contribution is 1.20. The molecule has 3 nitrogen and oxygen atoms in total. The molecule has 0 rings (SSSR count). The summed E-state index contributed by atoms with van der Waals surface area (Å²) < 4.78 is 0. The van der Waals surface area contributed by atoms with Gasteiger partial charge in [-0.2, -0.15) is 0 Å². The van der Waals surface area contributed by atoms with Crippen LogP contribution in [-0.4, -0.2) is 18.6 Å². The van der Waals surface area contributed by atoms with Gasteiger partial charge in [-0.05, 0) is 12.6 Å². The summed E-state index contributed by atoms with van der Waals surface area (Å²) >= 11 is 0. The van der Waals surface area contributed by atoms with Gasteiger partial charge in [0.25, 0.3) is 0 Å². The molecule has 0 aliphatic carbocycles. The number of hydrogen-bond acceptors (Lipinski definition) is 2. The number of aliphatic imine (C=N–C) groups is 1. The maximum atomic E-state index is 6.74. The minimum Gasteiger partial charge on any atom is -0.386 e. The van der Waals surface area contributed by atoms with Crippen molar-refractivity contribution >= 4 is 12.1 Å². The van der Waals surface area contributed by atoms with Gasteiger partial charge in [-0.1, -0.05) is 6.92 Å². The van der Waals surface area contributed by atoms with Gasteiger partial charge in [-0.25, -0.2) is 0 Å². The first-order valence-corrected chi connectivity index (χ1v) is 2.58. The fraction of sp³-hybridized carbons (Fsp3) is 0.600. The standard InChI is InChI=1S/C5H11N3/c1-2-3-8-4-5(6)7/h3H,2,4H2,1H3,(H3,6,7). The lowest BCUT2D eigenvalue weighted by Crippen LogP contribution is -2.12. The molecule has 3 N–H and O–H groups in total. The Balaban J connectivity index is 3.16. The molecule has 0 aliphatic heterocycles. The summed E-state index contributed by atoms with van der Waals surface area (Å²) in [6.45, 7) is 2.33. The van der Waals surface area contributed by atoms with E-state index in [2.05, 4.69) is 4.99 Å². The van der Waals surface area contributed by atoms with Crippen molar-refractivity contribution in [1.82, 2.24) is 0 Å². The van der Waals surface area contributed by atoms with Crippen molar-refractivity contribution < 1.29 is 0 Å². The van der Waals surface area contributed by atoms with Crippen molar-refractivity contribution in [1.29, 1.82) is 5.41 Å². The van der Waals surface area contributed by atoms with Gasteiger partial charge in [0.1, 0.15) is 5.84 Å². The summed E-state index contributed by atoms with van der Waals surface area (Å²) in [5.74, 6) is 0.120. The minimum atomic E-state index is 0.120. The number of hydrogen-bond donors (Lipinski definition) is 2. The van der Waals surface area contributed by atoms with Gasteiger partial charge in [0.15, 0.2) is 0 Å². The van der Waals surface area contributed by atoms with Crippen LogP contribution in [0.15, 0.2) is 4.99 Å². The molecule has 0 unspecified atom stereocenters. The highest BCUT2D eigenvalue weighted by Gasteiger charge is 1.78. The van der Waals surface area contributed by atoms with Gasteiger partial charge in [0.05, 0.1) is 6.54 Å². The average Bonchev–Trinajstić information content (AvgIpc) is 1.66. The molecule has 0 aromatic carbocycles. The lowest BCUT2D eigenvalue weighted by Gasteiger charge is -1.85. The number of nitrogens with two attached hydrogens (primary N) is 1. The van der Waals surface area contributed by atoms with Crippen LogP contribution >= 0.6 is 0 Å². The van der Waals surface area contributed by atoms with Crippen molar-refractivity contribution in [3.63, 3.8) is 0 Å². The number of nitrogens with zero attached hydrogens (tertiary/aromatic N) is 1. The van der Waals surface area contributed by atoms with Crippen LogP contribution in [-0.2, 0) is 0 Å². The third-order valence-corrected chi connectivity index (χ3v) is 0.573. The molecular weight excluding hydrogens is 102 g/mol. The van der Waals surface area contributed by atoms with Gasteiger partial charge in [0.2, 0.25) is 0 Å². The summed E-state index contributed by atoms with van der Waals surface area (Å²) in [5, 5.41) is 6.74. The Bertz CT molecular complexity index is 95.8. The molecule has 0 atom stereocenters. The Morgan fingerprint density at radius 1 is 1.88 bits per heavy atom. The average molecular weight is 113 g/mol. The van der Waals surface area contributed by atoms with Crippen LogP contribution in [0.5, 0.6) is 0 Å². The van der Waals surface area contributed by atoms with Crippen LogP contribution in [0.4, 0.5) is 0 Å². The molecule has 0 bridgehead atoms. The summed E-state index contributed by atoms with van der Waals surface area (Å²) in [5.41, 5.74) is 5.00. The number of rotatable bonds is 3. The summed E-state index contributed by atoms with van der Waals surface area (Å²) in [4.78, 5) is 3.81. The molecule has 0 amide bonds. The van der Waals surface area contributed by atoms with E-state index in [4.69, 9.17) is 11.1 Å². The molecule has 0 aromatic rings. The van der Waals surface area contributed by atoms with E-state index in [9.17, 15) is 0 Å². The second-order valence-electron chi connectivity index (χ2n) is 1.46. The van der Waals surface area contributed by atoms with Crippen molar-refractivity contribution in [3.05, 3.63) is 0 Å². The van der Waals surface area contributed by atoms with E-state index in [1.165, 1.54) is 0 Å². The predicted molar refractivity (Wildman–Crippen MR) is 35.6 cm³/mol. The summed E-state index contributed by atoms with van der Waals surface area (Å²) in [6.07, 6.45) is 2.66. The zero-order valence-electron chi connectivity index (χ0n) is 5.02. The van der Waals surface area contributed by atoms with Gasteiger partial charge in [0, 0.05) is 0 Å². The van der Waals surface area contributed by atoms with E-state index in [0.29, 0.717) is 6.54 Å². The van der Waals surface area contributed by atoms with Crippen molar-refractivity contribution in [3.8, 4) is 0 Å². The van der Waals surface area contributed by atoms with E-state index < -0.39 is 0 Å². The van der Waals surface area contributed by atoms with Gasteiger partial charge >= 0.3 is 0 Å². The first-order valence-electron chi connectivity index (χ1n) is 2.58. The monoisotopic (exact) mass is 113 g/mol. The first-order chi connectivity index (χ1) is 3.77. The molecule has 0 spiro atoms. The Morgan fingerprint density at radius 3 is 2.88 bits per heavy atom. The normalized spacial score (nSPS) is 10.1. The van der Waals surface area contributed by atoms with Crippen LogP contribution in [0.2, 0.25) is 0 Å². The van der Waals surface area contributed by atoms with Crippen LogP contribution in [0, 0.1) is 5.41 Å². The number of nitrogens with one attached hydrogen (secondary N) is 1. The summed E-state index contributed by atoms with van der Waals surface area (Å²) in [7, 11) is 0. The van der Waals surface area contributed by atoms with Crippen molar-refractivity contribution in [2.45, 2.75) is 13.3 Å². The smallest absolute Gasteiger partial charge is 0.113 e. The first kappa shape index (κ1) is 7.14.